The van der Waals surface area contributed by atoms with Crippen LogP contribution in [0.2, 0.25) is 0 Å². The number of carbonyl (C=O) groups is 1. The van der Waals surface area contributed by atoms with Crippen LogP contribution in [-0.2, 0) is 9.53 Å². The molecule has 3 nitrogen and oxygen atoms in total. The molecule has 2 saturated heterocycles. The fraction of sp³-hybridized carbons (Fsp3) is 0.917. The van der Waals surface area contributed by atoms with Crippen LogP contribution in [0.4, 0.5) is 0 Å². The van der Waals surface area contributed by atoms with E-state index in [-0.39, 0.29) is 0 Å². The lowest BCUT2D eigenvalue weighted by Crippen LogP contribution is -2.42. The summed E-state index contributed by atoms with van der Waals surface area (Å²) in [7, 11) is 0. The molecule has 2 rings (SSSR count). The minimum atomic E-state index is 0.293. The molecule has 2 atom stereocenters. The Bertz CT molecular complexity index is 224. The highest BCUT2D eigenvalue weighted by atomic mass is 16.5. The van der Waals surface area contributed by atoms with Gasteiger partial charge in [-0.1, -0.05) is 6.92 Å². The molecule has 0 radical (unpaired) electrons. The van der Waals surface area contributed by atoms with Crippen molar-refractivity contribution in [3.05, 3.63) is 0 Å². The average molecular weight is 211 g/mol. The predicted molar refractivity (Wildman–Crippen MR) is 58.8 cm³/mol. The Morgan fingerprint density at radius 3 is 3.07 bits per heavy atom. The first-order chi connectivity index (χ1) is 7.29. The number of hydrogen-bond donors (Lipinski definition) is 0. The molecule has 2 aliphatic heterocycles. The molecule has 0 amide bonds. The van der Waals surface area contributed by atoms with E-state index in [0.29, 0.717) is 17.6 Å². The predicted octanol–water partition coefficient (Wildman–Crippen LogP) is 1.32. The maximum Gasteiger partial charge on any atom is 0.138 e. The summed E-state index contributed by atoms with van der Waals surface area (Å²) in [6, 6.07) is 0. The Hall–Kier alpha value is -0.410. The number of ketones is 1. The Morgan fingerprint density at radius 2 is 2.40 bits per heavy atom. The van der Waals surface area contributed by atoms with Gasteiger partial charge in [-0.15, -0.1) is 0 Å². The van der Waals surface area contributed by atoms with Crippen LogP contribution in [0, 0.1) is 11.8 Å². The number of piperidine rings is 1. The van der Waals surface area contributed by atoms with Gasteiger partial charge in [0.25, 0.3) is 0 Å². The highest BCUT2D eigenvalue weighted by Gasteiger charge is 2.27. The van der Waals surface area contributed by atoms with Crippen LogP contribution in [0.25, 0.3) is 0 Å². The first kappa shape index (κ1) is 11.1. The number of nitrogens with zero attached hydrogens (tertiary/aromatic N) is 1. The summed E-state index contributed by atoms with van der Waals surface area (Å²) in [5.74, 6) is 1.47. The van der Waals surface area contributed by atoms with Crippen molar-refractivity contribution >= 4 is 5.78 Å². The Balaban J connectivity index is 1.80. The van der Waals surface area contributed by atoms with E-state index in [2.05, 4.69) is 11.8 Å². The normalized spacial score (nSPS) is 33.5. The van der Waals surface area contributed by atoms with Crippen molar-refractivity contribution in [1.82, 2.24) is 4.90 Å². The molecule has 3 heteroatoms. The molecule has 0 aliphatic carbocycles. The van der Waals surface area contributed by atoms with Gasteiger partial charge in [0.1, 0.15) is 5.78 Å². The molecule has 0 N–H and O–H groups in total. The van der Waals surface area contributed by atoms with Crippen LogP contribution in [0.15, 0.2) is 0 Å². The standard InChI is InChI=1S/C12H21NO2/c1-2-11-8-13(5-3-12(11)14)7-10-4-6-15-9-10/h10-11H,2-9H2,1H3. The smallest absolute Gasteiger partial charge is 0.138 e. The molecule has 2 fully saturated rings. The van der Waals surface area contributed by atoms with Gasteiger partial charge >= 0.3 is 0 Å². The molecule has 0 aromatic carbocycles. The van der Waals surface area contributed by atoms with Gasteiger partial charge in [0, 0.05) is 38.6 Å². The summed E-state index contributed by atoms with van der Waals surface area (Å²) < 4.78 is 5.38. The molecule has 0 saturated carbocycles. The molecular weight excluding hydrogens is 190 g/mol. The van der Waals surface area contributed by atoms with E-state index in [1.807, 2.05) is 0 Å². The van der Waals surface area contributed by atoms with Gasteiger partial charge in [-0.3, -0.25) is 4.79 Å². The summed E-state index contributed by atoms with van der Waals surface area (Å²) in [6.07, 6.45) is 2.95. The van der Waals surface area contributed by atoms with Gasteiger partial charge in [0.2, 0.25) is 0 Å². The molecule has 2 heterocycles. The van der Waals surface area contributed by atoms with E-state index in [0.717, 1.165) is 45.7 Å². The second-order valence-corrected chi connectivity index (χ2v) is 4.81. The van der Waals surface area contributed by atoms with E-state index in [1.54, 1.807) is 0 Å². The first-order valence-electron chi connectivity index (χ1n) is 6.12. The third-order valence-electron chi connectivity index (χ3n) is 3.64. The van der Waals surface area contributed by atoms with Crippen molar-refractivity contribution in [3.8, 4) is 0 Å². The highest BCUT2D eigenvalue weighted by molar-refractivity contribution is 5.82. The van der Waals surface area contributed by atoms with E-state index in [9.17, 15) is 4.79 Å². The fourth-order valence-electron chi connectivity index (χ4n) is 2.59. The number of ether oxygens (including phenoxy) is 1. The number of hydrogen-bond acceptors (Lipinski definition) is 3. The Kier molecular flexibility index (Phi) is 3.76. The summed E-state index contributed by atoms with van der Waals surface area (Å²) in [4.78, 5) is 14.0. The summed E-state index contributed by atoms with van der Waals surface area (Å²) >= 11 is 0. The van der Waals surface area contributed by atoms with Crippen LogP contribution >= 0.6 is 0 Å². The fourth-order valence-corrected chi connectivity index (χ4v) is 2.59. The third kappa shape index (κ3) is 2.79. The minimum absolute atomic E-state index is 0.293. The van der Waals surface area contributed by atoms with Gasteiger partial charge < -0.3 is 9.64 Å². The second kappa shape index (κ2) is 5.08. The largest absolute Gasteiger partial charge is 0.381 e. The van der Waals surface area contributed by atoms with Crippen LogP contribution in [0.3, 0.4) is 0 Å². The van der Waals surface area contributed by atoms with Crippen molar-refractivity contribution < 1.29 is 9.53 Å². The van der Waals surface area contributed by atoms with Crippen LogP contribution in [-0.4, -0.2) is 43.5 Å². The first-order valence-corrected chi connectivity index (χ1v) is 6.12. The maximum absolute atomic E-state index is 11.6. The van der Waals surface area contributed by atoms with E-state index in [4.69, 9.17) is 4.74 Å². The molecule has 0 spiro atoms. The third-order valence-corrected chi connectivity index (χ3v) is 3.64. The lowest BCUT2D eigenvalue weighted by Gasteiger charge is -2.32. The zero-order valence-corrected chi connectivity index (χ0v) is 9.58. The molecule has 15 heavy (non-hydrogen) atoms. The van der Waals surface area contributed by atoms with Crippen molar-refractivity contribution in [3.63, 3.8) is 0 Å². The van der Waals surface area contributed by atoms with E-state index >= 15 is 0 Å². The topological polar surface area (TPSA) is 29.5 Å². The monoisotopic (exact) mass is 211 g/mol. The van der Waals surface area contributed by atoms with E-state index in [1.165, 1.54) is 6.42 Å². The van der Waals surface area contributed by atoms with Crippen molar-refractivity contribution in [2.45, 2.75) is 26.2 Å². The number of carbonyl (C=O) groups excluding carboxylic acids is 1. The highest BCUT2D eigenvalue weighted by Crippen LogP contribution is 2.20. The van der Waals surface area contributed by atoms with Crippen molar-refractivity contribution in [1.29, 1.82) is 0 Å². The van der Waals surface area contributed by atoms with Gasteiger partial charge in [0.05, 0.1) is 6.61 Å². The number of likely N-dealkylation sites (tertiary alicyclic amines) is 1. The molecule has 0 aromatic heterocycles. The van der Waals surface area contributed by atoms with E-state index < -0.39 is 0 Å². The number of rotatable bonds is 3. The Labute approximate surface area is 91.8 Å². The summed E-state index contributed by atoms with van der Waals surface area (Å²) in [6.45, 7) is 7.03. The molecular formula is C12H21NO2. The lowest BCUT2D eigenvalue weighted by molar-refractivity contribution is -0.126. The van der Waals surface area contributed by atoms with Gasteiger partial charge in [-0.05, 0) is 18.8 Å². The molecule has 0 aromatic rings. The summed E-state index contributed by atoms with van der Waals surface area (Å²) in [5, 5.41) is 0. The van der Waals surface area contributed by atoms with Gasteiger partial charge in [0.15, 0.2) is 0 Å². The Morgan fingerprint density at radius 1 is 1.53 bits per heavy atom. The van der Waals surface area contributed by atoms with Crippen molar-refractivity contribution in [2.75, 3.05) is 32.8 Å². The second-order valence-electron chi connectivity index (χ2n) is 4.81. The zero-order chi connectivity index (χ0) is 10.7. The molecule has 2 aliphatic rings. The molecule has 86 valence electrons. The maximum atomic E-state index is 11.6. The zero-order valence-electron chi connectivity index (χ0n) is 9.58. The average Bonchev–Trinajstić information content (AvgIpc) is 2.73. The quantitative estimate of drug-likeness (QED) is 0.705. The minimum Gasteiger partial charge on any atom is -0.381 e. The molecule has 0 bridgehead atoms. The lowest BCUT2D eigenvalue weighted by atomic mass is 9.93. The molecule has 2 unspecified atom stereocenters. The van der Waals surface area contributed by atoms with Crippen molar-refractivity contribution in [2.24, 2.45) is 11.8 Å². The van der Waals surface area contributed by atoms with Crippen LogP contribution < -0.4 is 0 Å². The number of Topliss-reactive ketones (excluding diaryl/α,β-unsaturated/α-hetero) is 1. The van der Waals surface area contributed by atoms with Crippen LogP contribution in [0.5, 0.6) is 0 Å². The summed E-state index contributed by atoms with van der Waals surface area (Å²) in [5.41, 5.74) is 0. The van der Waals surface area contributed by atoms with Gasteiger partial charge in [-0.25, -0.2) is 0 Å². The SMILES string of the molecule is CCC1CN(CC2CCOC2)CCC1=O. The van der Waals surface area contributed by atoms with Gasteiger partial charge in [-0.2, -0.15) is 0 Å². The van der Waals surface area contributed by atoms with Crippen LogP contribution in [0.1, 0.15) is 26.2 Å².